The number of imidazole rings is 1. The summed E-state index contributed by atoms with van der Waals surface area (Å²) in [6.45, 7) is 8.84. The number of anilines is 2. The number of pyridine rings is 1. The maximum absolute atomic E-state index is 13.3. The lowest BCUT2D eigenvalue weighted by Crippen LogP contribution is -2.55. The number of fused-ring (bicyclic) bond motifs is 2. The molecule has 0 saturated carbocycles. The standard InChI is InChI=1S/C28H32N8O2/c1-3-38-28-30-14-22(15-31-28)33-11-9-21-6-4-8-25(23(21)17-33)34-12-13-36(20(2)16-34)26(37)18-35-19-32-24-7-5-10-29-27(24)35/h4-8,10,14-15,19-20H,3,9,11-13,16-18H2,1-2H3. The van der Waals surface area contributed by atoms with E-state index in [1.807, 2.05) is 40.9 Å². The monoisotopic (exact) mass is 512 g/mol. The molecule has 10 nitrogen and oxygen atoms in total. The number of piperazine rings is 1. The van der Waals surface area contributed by atoms with Crippen molar-refractivity contribution >= 4 is 28.4 Å². The van der Waals surface area contributed by atoms with Crippen LogP contribution < -0.4 is 14.5 Å². The number of ether oxygens (including phenoxy) is 1. The molecule has 0 bridgehead atoms. The summed E-state index contributed by atoms with van der Waals surface area (Å²) in [5, 5.41) is 0. The zero-order valence-electron chi connectivity index (χ0n) is 21.8. The summed E-state index contributed by atoms with van der Waals surface area (Å²) >= 11 is 0. The second-order valence-electron chi connectivity index (χ2n) is 9.84. The van der Waals surface area contributed by atoms with Gasteiger partial charge in [-0.05, 0) is 49.6 Å². The predicted molar refractivity (Wildman–Crippen MR) is 145 cm³/mol. The van der Waals surface area contributed by atoms with E-state index in [0.717, 1.165) is 49.5 Å². The summed E-state index contributed by atoms with van der Waals surface area (Å²) < 4.78 is 7.24. The smallest absolute Gasteiger partial charge is 0.316 e. The van der Waals surface area contributed by atoms with E-state index in [1.165, 1.54) is 16.8 Å². The largest absolute Gasteiger partial charge is 0.464 e. The summed E-state index contributed by atoms with van der Waals surface area (Å²) in [6.07, 6.45) is 8.09. The fourth-order valence-corrected chi connectivity index (χ4v) is 5.55. The summed E-state index contributed by atoms with van der Waals surface area (Å²) in [5.41, 5.74) is 6.53. The Kier molecular flexibility index (Phi) is 6.53. The van der Waals surface area contributed by atoms with E-state index in [4.69, 9.17) is 4.74 Å². The summed E-state index contributed by atoms with van der Waals surface area (Å²) in [4.78, 5) is 37.5. The van der Waals surface area contributed by atoms with Crippen LogP contribution in [0.25, 0.3) is 11.2 Å². The number of hydrogen-bond donors (Lipinski definition) is 0. The molecule has 196 valence electrons. The third kappa shape index (κ3) is 4.62. The van der Waals surface area contributed by atoms with E-state index in [2.05, 4.69) is 54.9 Å². The van der Waals surface area contributed by atoms with E-state index in [0.29, 0.717) is 19.2 Å². The van der Waals surface area contributed by atoms with E-state index >= 15 is 0 Å². The van der Waals surface area contributed by atoms with Gasteiger partial charge in [-0.25, -0.2) is 19.9 Å². The number of benzene rings is 1. The first kappa shape index (κ1) is 24.1. The molecule has 1 saturated heterocycles. The molecule has 10 heteroatoms. The molecule has 0 radical (unpaired) electrons. The van der Waals surface area contributed by atoms with E-state index < -0.39 is 0 Å². The number of carbonyl (C=O) groups excluding carboxylic acids is 1. The highest BCUT2D eigenvalue weighted by Crippen LogP contribution is 2.32. The Morgan fingerprint density at radius 2 is 1.89 bits per heavy atom. The predicted octanol–water partition coefficient (Wildman–Crippen LogP) is 2.92. The van der Waals surface area contributed by atoms with Crippen molar-refractivity contribution in [1.29, 1.82) is 0 Å². The minimum atomic E-state index is 0.0917. The van der Waals surface area contributed by atoms with Gasteiger partial charge in [-0.3, -0.25) is 4.79 Å². The topological polar surface area (TPSA) is 92.5 Å². The zero-order chi connectivity index (χ0) is 26.1. The molecule has 1 atom stereocenters. The average Bonchev–Trinajstić information content (AvgIpc) is 3.35. The molecule has 3 aromatic heterocycles. The Hall–Kier alpha value is -4.21. The van der Waals surface area contributed by atoms with E-state index in [-0.39, 0.29) is 18.5 Å². The molecule has 4 aromatic rings. The molecule has 2 aliphatic rings. The molecule has 1 aromatic carbocycles. The highest BCUT2D eigenvalue weighted by Gasteiger charge is 2.30. The van der Waals surface area contributed by atoms with Crippen molar-refractivity contribution in [3.8, 4) is 6.01 Å². The highest BCUT2D eigenvalue weighted by molar-refractivity contribution is 5.79. The molecular formula is C28H32N8O2. The average molecular weight is 513 g/mol. The maximum Gasteiger partial charge on any atom is 0.316 e. The van der Waals surface area contributed by atoms with Crippen LogP contribution in [0.5, 0.6) is 6.01 Å². The molecule has 6 rings (SSSR count). The number of rotatable bonds is 6. The highest BCUT2D eigenvalue weighted by atomic mass is 16.5. The number of hydrogen-bond acceptors (Lipinski definition) is 8. The SMILES string of the molecule is CCOc1ncc(N2CCc3cccc(N4CCN(C(=O)Cn5cnc6cccnc65)C(C)C4)c3C2)cn1. The third-order valence-electron chi connectivity index (χ3n) is 7.47. The lowest BCUT2D eigenvalue weighted by Gasteiger charge is -2.43. The summed E-state index contributed by atoms with van der Waals surface area (Å²) in [5.74, 6) is 0.0962. The summed E-state index contributed by atoms with van der Waals surface area (Å²) in [7, 11) is 0. The van der Waals surface area contributed by atoms with Crippen LogP contribution in [0, 0.1) is 0 Å². The first-order valence-electron chi connectivity index (χ1n) is 13.2. The molecule has 0 N–H and O–H groups in total. The van der Waals surface area contributed by atoms with Crippen LogP contribution in [0.2, 0.25) is 0 Å². The Balaban J connectivity index is 1.15. The molecule has 1 amide bonds. The van der Waals surface area contributed by atoms with Crippen molar-refractivity contribution in [2.24, 2.45) is 0 Å². The number of aromatic nitrogens is 5. The van der Waals surface area contributed by atoms with Crippen LogP contribution in [0.15, 0.2) is 55.2 Å². The van der Waals surface area contributed by atoms with Gasteiger partial charge in [-0.2, -0.15) is 0 Å². The van der Waals surface area contributed by atoms with Crippen LogP contribution in [0.4, 0.5) is 11.4 Å². The van der Waals surface area contributed by atoms with Crippen molar-refractivity contribution in [2.45, 2.75) is 39.4 Å². The van der Waals surface area contributed by atoms with Gasteiger partial charge in [0.1, 0.15) is 12.1 Å². The fourth-order valence-electron chi connectivity index (χ4n) is 5.55. The Morgan fingerprint density at radius 1 is 1.03 bits per heavy atom. The molecule has 38 heavy (non-hydrogen) atoms. The van der Waals surface area contributed by atoms with E-state index in [1.54, 1.807) is 12.5 Å². The fraction of sp³-hybridized carbons (Fsp3) is 0.393. The minimum absolute atomic E-state index is 0.0917. The van der Waals surface area contributed by atoms with Crippen LogP contribution in [-0.2, 0) is 24.3 Å². The molecular weight excluding hydrogens is 480 g/mol. The lowest BCUT2D eigenvalue weighted by molar-refractivity contribution is -0.134. The van der Waals surface area contributed by atoms with Gasteiger partial charge in [0.25, 0.3) is 0 Å². The van der Waals surface area contributed by atoms with Crippen molar-refractivity contribution in [3.05, 3.63) is 66.4 Å². The minimum Gasteiger partial charge on any atom is -0.464 e. The van der Waals surface area contributed by atoms with Crippen LogP contribution in [-0.4, -0.2) is 74.1 Å². The number of amides is 1. The quantitative estimate of drug-likeness (QED) is 0.389. The Bertz CT molecular complexity index is 1440. The first-order valence-corrected chi connectivity index (χ1v) is 13.2. The first-order chi connectivity index (χ1) is 18.6. The van der Waals surface area contributed by atoms with Gasteiger partial charge in [0.15, 0.2) is 5.65 Å². The second-order valence-corrected chi connectivity index (χ2v) is 9.84. The molecule has 2 aliphatic heterocycles. The van der Waals surface area contributed by atoms with Gasteiger partial charge in [0, 0.05) is 50.6 Å². The van der Waals surface area contributed by atoms with Gasteiger partial charge in [-0.15, -0.1) is 0 Å². The van der Waals surface area contributed by atoms with E-state index in [9.17, 15) is 4.79 Å². The Labute approximate surface area is 221 Å². The molecule has 5 heterocycles. The van der Waals surface area contributed by atoms with Gasteiger partial charge in [0.2, 0.25) is 5.91 Å². The number of carbonyl (C=O) groups is 1. The van der Waals surface area contributed by atoms with Gasteiger partial charge in [-0.1, -0.05) is 12.1 Å². The van der Waals surface area contributed by atoms with Gasteiger partial charge < -0.3 is 24.0 Å². The molecule has 1 fully saturated rings. The van der Waals surface area contributed by atoms with Crippen molar-refractivity contribution in [2.75, 3.05) is 42.6 Å². The normalized spacial score (nSPS) is 17.5. The second kappa shape index (κ2) is 10.3. The van der Waals surface area contributed by atoms with Crippen LogP contribution in [0.1, 0.15) is 25.0 Å². The summed E-state index contributed by atoms with van der Waals surface area (Å²) in [6, 6.07) is 10.9. The molecule has 1 unspecified atom stereocenters. The van der Waals surface area contributed by atoms with Gasteiger partial charge in [0.05, 0.1) is 31.0 Å². The molecule has 0 aliphatic carbocycles. The maximum atomic E-state index is 13.3. The van der Waals surface area contributed by atoms with Crippen molar-refractivity contribution in [3.63, 3.8) is 0 Å². The lowest BCUT2D eigenvalue weighted by atomic mass is 9.96. The zero-order valence-corrected chi connectivity index (χ0v) is 21.8. The van der Waals surface area contributed by atoms with Crippen LogP contribution in [0.3, 0.4) is 0 Å². The number of nitrogens with zero attached hydrogens (tertiary/aromatic N) is 8. The van der Waals surface area contributed by atoms with Crippen LogP contribution >= 0.6 is 0 Å². The van der Waals surface area contributed by atoms with Crippen molar-refractivity contribution in [1.82, 2.24) is 29.4 Å². The van der Waals surface area contributed by atoms with Crippen molar-refractivity contribution < 1.29 is 9.53 Å². The third-order valence-corrected chi connectivity index (χ3v) is 7.47. The van der Waals surface area contributed by atoms with Gasteiger partial charge >= 0.3 is 6.01 Å². The molecule has 0 spiro atoms. The Morgan fingerprint density at radius 3 is 2.71 bits per heavy atom.